The first-order valence-electron chi connectivity index (χ1n) is 14.2. The van der Waals surface area contributed by atoms with Gasteiger partial charge in [-0.25, -0.2) is 17.9 Å². The quantitative estimate of drug-likeness (QED) is 0.274. The maximum absolute atomic E-state index is 13.4. The summed E-state index contributed by atoms with van der Waals surface area (Å²) in [6, 6.07) is 11.0. The Labute approximate surface area is 245 Å². The first-order valence-corrected chi connectivity index (χ1v) is 15.7. The Hall–Kier alpha value is -4.19. The molecular weight excluding hydrogens is 556 g/mol. The summed E-state index contributed by atoms with van der Waals surface area (Å²) in [5, 5.41) is 4.79. The number of aromatic nitrogens is 4. The normalized spacial score (nSPS) is 14.5. The molecular formula is C30H36N6O5S. The van der Waals surface area contributed by atoms with Gasteiger partial charge in [0.2, 0.25) is 5.91 Å². The largest absolute Gasteiger partial charge is 0.493 e. The molecule has 0 atom stereocenters. The van der Waals surface area contributed by atoms with Crippen LogP contribution in [0.2, 0.25) is 0 Å². The highest BCUT2D eigenvalue weighted by atomic mass is 32.2. The molecule has 222 valence electrons. The first kappa shape index (κ1) is 29.3. The van der Waals surface area contributed by atoms with Crippen LogP contribution in [-0.2, 0) is 14.8 Å². The lowest BCUT2D eigenvalue weighted by molar-refractivity contribution is -0.116. The van der Waals surface area contributed by atoms with Crippen molar-refractivity contribution in [2.75, 3.05) is 23.3 Å². The third-order valence-electron chi connectivity index (χ3n) is 7.72. The summed E-state index contributed by atoms with van der Waals surface area (Å²) in [7, 11) is -2.39. The summed E-state index contributed by atoms with van der Waals surface area (Å²) in [6.45, 7) is 5.42. The number of anilines is 2. The maximum Gasteiger partial charge on any atom is 0.277 e. The predicted molar refractivity (Wildman–Crippen MR) is 162 cm³/mol. The molecule has 2 aromatic heterocycles. The van der Waals surface area contributed by atoms with Gasteiger partial charge in [-0.3, -0.25) is 14.3 Å². The Morgan fingerprint density at radius 1 is 1.12 bits per heavy atom. The number of ether oxygens (including phenoxy) is 1. The fourth-order valence-electron chi connectivity index (χ4n) is 5.41. The molecule has 1 amide bonds. The van der Waals surface area contributed by atoms with Crippen molar-refractivity contribution in [2.45, 2.75) is 70.1 Å². The number of rotatable bonds is 8. The molecule has 0 unspecified atom stereocenters. The van der Waals surface area contributed by atoms with Crippen molar-refractivity contribution in [3.8, 4) is 17.1 Å². The molecule has 1 saturated carbocycles. The Bertz CT molecular complexity index is 1770. The van der Waals surface area contributed by atoms with Crippen LogP contribution in [0.1, 0.15) is 69.8 Å². The summed E-state index contributed by atoms with van der Waals surface area (Å²) in [5.74, 6) is 1.40. The van der Waals surface area contributed by atoms with Crippen molar-refractivity contribution in [1.29, 1.82) is 0 Å². The molecule has 2 N–H and O–H groups in total. The molecule has 1 aliphatic carbocycles. The van der Waals surface area contributed by atoms with Gasteiger partial charge in [-0.2, -0.15) is 0 Å². The van der Waals surface area contributed by atoms with Crippen molar-refractivity contribution in [2.24, 2.45) is 0 Å². The fraction of sp³-hybridized carbons (Fsp3) is 0.400. The smallest absolute Gasteiger partial charge is 0.277 e. The molecule has 0 spiro atoms. The van der Waals surface area contributed by atoms with E-state index in [1.54, 1.807) is 48.8 Å². The second-order valence-electron chi connectivity index (χ2n) is 10.6. The Kier molecular flexibility index (Phi) is 8.35. The molecule has 42 heavy (non-hydrogen) atoms. The van der Waals surface area contributed by atoms with Gasteiger partial charge in [-0.15, -0.1) is 5.10 Å². The minimum Gasteiger partial charge on any atom is -0.493 e. The fourth-order valence-corrected chi connectivity index (χ4v) is 6.49. The number of H-pyrrole nitrogens is 1. The number of amides is 1. The van der Waals surface area contributed by atoms with Crippen molar-refractivity contribution < 1.29 is 17.9 Å². The Morgan fingerprint density at radius 3 is 2.45 bits per heavy atom. The van der Waals surface area contributed by atoms with E-state index in [4.69, 9.17) is 14.8 Å². The third-order valence-corrected chi connectivity index (χ3v) is 9.10. The van der Waals surface area contributed by atoms with Crippen LogP contribution in [0.25, 0.3) is 16.9 Å². The highest BCUT2D eigenvalue weighted by Crippen LogP contribution is 2.34. The molecule has 2 heterocycles. The van der Waals surface area contributed by atoms with Gasteiger partial charge in [0, 0.05) is 31.3 Å². The van der Waals surface area contributed by atoms with Gasteiger partial charge >= 0.3 is 0 Å². The summed E-state index contributed by atoms with van der Waals surface area (Å²) in [5.41, 5.74) is 1.96. The number of nitrogens with one attached hydrogen (secondary N) is 2. The van der Waals surface area contributed by atoms with Gasteiger partial charge in [0.15, 0.2) is 11.3 Å². The van der Waals surface area contributed by atoms with Crippen LogP contribution in [0.5, 0.6) is 5.75 Å². The molecule has 0 saturated heterocycles. The molecule has 5 rings (SSSR count). The molecule has 4 aromatic rings. The lowest BCUT2D eigenvalue weighted by Gasteiger charge is -2.16. The van der Waals surface area contributed by atoms with Gasteiger partial charge in [-0.05, 0) is 69.2 Å². The van der Waals surface area contributed by atoms with E-state index in [2.05, 4.69) is 9.71 Å². The van der Waals surface area contributed by atoms with Crippen LogP contribution >= 0.6 is 0 Å². The van der Waals surface area contributed by atoms with Crippen LogP contribution in [0, 0.1) is 6.92 Å². The van der Waals surface area contributed by atoms with Crippen LogP contribution < -0.4 is 19.9 Å². The van der Waals surface area contributed by atoms with E-state index in [0.717, 1.165) is 31.5 Å². The first-order chi connectivity index (χ1) is 20.1. The van der Waals surface area contributed by atoms with Crippen LogP contribution in [-0.4, -0.2) is 47.6 Å². The van der Waals surface area contributed by atoms with Crippen molar-refractivity contribution in [1.82, 2.24) is 19.6 Å². The topological polar surface area (TPSA) is 139 Å². The van der Waals surface area contributed by atoms with Gasteiger partial charge in [-0.1, -0.05) is 25.7 Å². The lowest BCUT2D eigenvalue weighted by Crippen LogP contribution is -2.22. The molecule has 1 fully saturated rings. The van der Waals surface area contributed by atoms with Gasteiger partial charge in [0.05, 0.1) is 22.8 Å². The zero-order valence-electron chi connectivity index (χ0n) is 24.3. The molecule has 0 bridgehead atoms. The number of aromatic amines is 1. The molecule has 1 aliphatic rings. The number of benzene rings is 2. The van der Waals surface area contributed by atoms with Crippen LogP contribution in [0.4, 0.5) is 11.4 Å². The average molecular weight is 593 g/mol. The van der Waals surface area contributed by atoms with Crippen molar-refractivity contribution >= 4 is 32.8 Å². The van der Waals surface area contributed by atoms with E-state index in [9.17, 15) is 18.0 Å². The summed E-state index contributed by atoms with van der Waals surface area (Å²) in [6.07, 6.45) is 6.55. The maximum atomic E-state index is 13.4. The summed E-state index contributed by atoms with van der Waals surface area (Å²) in [4.78, 5) is 34.0. The summed E-state index contributed by atoms with van der Waals surface area (Å²) >= 11 is 0. The molecule has 11 nitrogen and oxygen atoms in total. The number of sulfonamides is 1. The van der Waals surface area contributed by atoms with Crippen LogP contribution in [0.15, 0.2) is 52.2 Å². The number of imidazole rings is 1. The lowest BCUT2D eigenvalue weighted by atomic mass is 10.00. The predicted octanol–water partition coefficient (Wildman–Crippen LogP) is 5.01. The highest BCUT2D eigenvalue weighted by molar-refractivity contribution is 7.92. The van der Waals surface area contributed by atoms with Gasteiger partial charge in [0.1, 0.15) is 11.6 Å². The van der Waals surface area contributed by atoms with E-state index in [0.29, 0.717) is 40.5 Å². The minimum atomic E-state index is -4.03. The summed E-state index contributed by atoms with van der Waals surface area (Å²) < 4.78 is 36.9. The highest BCUT2D eigenvalue weighted by Gasteiger charge is 2.25. The second kappa shape index (κ2) is 12.0. The zero-order chi connectivity index (χ0) is 30.0. The number of carbonyl (C=O) groups excluding carboxylic acids is 1. The number of carbonyl (C=O) groups is 1. The average Bonchev–Trinajstić information content (AvgIpc) is 3.11. The standard InChI is InChI=1S/C30H36N6O5S/c1-5-41-26-17-16-24(42(39,40)34-22-12-14-23(15-13-22)35(4)20(3)37)18-25(26)28-32-30(38)27-19(2)31-29(36(27)33-28)21-10-8-6-7-9-11-21/h12-18,21,34H,5-11H2,1-4H3,(H,32,33,38). The molecule has 12 heteroatoms. The third kappa shape index (κ3) is 5.89. The van der Waals surface area contributed by atoms with E-state index in [1.165, 1.54) is 36.8 Å². The van der Waals surface area contributed by atoms with Gasteiger partial charge in [0.25, 0.3) is 15.6 Å². The van der Waals surface area contributed by atoms with E-state index >= 15 is 0 Å². The van der Waals surface area contributed by atoms with Crippen molar-refractivity contribution in [3.63, 3.8) is 0 Å². The molecule has 0 radical (unpaired) electrons. The van der Waals surface area contributed by atoms with Crippen LogP contribution in [0.3, 0.4) is 0 Å². The number of aryl methyl sites for hydroxylation is 1. The van der Waals surface area contributed by atoms with E-state index in [1.807, 2.05) is 6.92 Å². The Morgan fingerprint density at radius 2 is 1.81 bits per heavy atom. The number of fused-ring (bicyclic) bond motifs is 1. The number of nitrogens with zero attached hydrogens (tertiary/aromatic N) is 4. The number of hydrogen-bond acceptors (Lipinski definition) is 7. The van der Waals surface area contributed by atoms with E-state index < -0.39 is 10.0 Å². The monoisotopic (exact) mass is 592 g/mol. The SMILES string of the molecule is CCOc1ccc(S(=O)(=O)Nc2ccc(N(C)C(C)=O)cc2)cc1-c1nn2c(C3CCCCCC3)nc(C)c2c(=O)[nH]1. The number of hydrogen-bond donors (Lipinski definition) is 2. The molecule has 2 aromatic carbocycles. The van der Waals surface area contributed by atoms with E-state index in [-0.39, 0.29) is 28.1 Å². The second-order valence-corrected chi connectivity index (χ2v) is 12.3. The van der Waals surface area contributed by atoms with Gasteiger partial charge < -0.3 is 14.6 Å². The minimum absolute atomic E-state index is 0.0283. The zero-order valence-corrected chi connectivity index (χ0v) is 25.1. The molecule has 0 aliphatic heterocycles. The van der Waals surface area contributed by atoms with Crippen molar-refractivity contribution in [3.05, 3.63) is 64.3 Å². The Balaban J connectivity index is 1.55.